The van der Waals surface area contributed by atoms with Crippen molar-refractivity contribution in [3.05, 3.63) is 81.8 Å². The van der Waals surface area contributed by atoms with E-state index in [2.05, 4.69) is 21.2 Å². The van der Waals surface area contributed by atoms with Crippen LogP contribution in [0.5, 0.6) is 5.75 Å². The number of anilines is 2. The lowest BCUT2D eigenvalue weighted by molar-refractivity contribution is -0.114. The smallest absolute Gasteiger partial charge is 0.338 e. The van der Waals surface area contributed by atoms with E-state index in [9.17, 15) is 18.0 Å². The summed E-state index contributed by atoms with van der Waals surface area (Å²) in [7, 11) is -4.10. The molecule has 0 saturated carbocycles. The Hall–Kier alpha value is -3.08. The lowest BCUT2D eigenvalue weighted by Gasteiger charge is -2.24. The number of carbonyl (C=O) groups is 2. The molecule has 3 rings (SSSR count). The number of benzene rings is 3. The number of nitrogens with zero attached hydrogens (tertiary/aromatic N) is 1. The first kappa shape index (κ1) is 27.5. The highest BCUT2D eigenvalue weighted by molar-refractivity contribution is 9.10. The van der Waals surface area contributed by atoms with Crippen LogP contribution in [-0.2, 0) is 19.6 Å². The van der Waals surface area contributed by atoms with Crippen molar-refractivity contribution in [2.45, 2.75) is 18.7 Å². The van der Waals surface area contributed by atoms with Crippen LogP contribution in [0.1, 0.15) is 24.2 Å². The minimum Gasteiger partial charge on any atom is -0.494 e. The summed E-state index contributed by atoms with van der Waals surface area (Å²) in [5.41, 5.74) is 0.733. The van der Waals surface area contributed by atoms with E-state index in [0.717, 1.165) is 4.31 Å². The summed E-state index contributed by atoms with van der Waals surface area (Å²) >= 11 is 9.54. The zero-order chi connectivity index (χ0) is 26.3. The number of sulfonamides is 1. The van der Waals surface area contributed by atoms with Crippen molar-refractivity contribution in [3.8, 4) is 5.75 Å². The third-order valence-corrected chi connectivity index (χ3v) is 7.51. The van der Waals surface area contributed by atoms with Gasteiger partial charge in [0, 0.05) is 4.47 Å². The molecule has 11 heteroatoms. The van der Waals surface area contributed by atoms with E-state index in [4.69, 9.17) is 21.1 Å². The van der Waals surface area contributed by atoms with Gasteiger partial charge in [0.2, 0.25) is 5.91 Å². The molecule has 3 aromatic carbocycles. The molecule has 1 N–H and O–H groups in total. The van der Waals surface area contributed by atoms with Crippen LogP contribution in [0.3, 0.4) is 0 Å². The highest BCUT2D eigenvalue weighted by Gasteiger charge is 2.27. The van der Waals surface area contributed by atoms with Gasteiger partial charge in [0.25, 0.3) is 10.0 Å². The van der Waals surface area contributed by atoms with E-state index in [1.807, 2.05) is 6.92 Å². The number of carbonyl (C=O) groups excluding carboxylic acids is 2. The maximum Gasteiger partial charge on any atom is 0.338 e. The fraction of sp³-hybridized carbons (Fsp3) is 0.200. The molecule has 0 spiro atoms. The van der Waals surface area contributed by atoms with Crippen LogP contribution in [0.15, 0.2) is 76.1 Å². The van der Waals surface area contributed by atoms with Gasteiger partial charge in [-0.3, -0.25) is 9.10 Å². The third-order valence-electron chi connectivity index (χ3n) is 4.88. The topological polar surface area (TPSA) is 102 Å². The number of hydrogen-bond donors (Lipinski definition) is 1. The fourth-order valence-electron chi connectivity index (χ4n) is 3.20. The molecule has 0 fully saturated rings. The van der Waals surface area contributed by atoms with Gasteiger partial charge in [0.15, 0.2) is 0 Å². The molecule has 8 nitrogen and oxygen atoms in total. The fourth-order valence-corrected chi connectivity index (χ4v) is 5.12. The van der Waals surface area contributed by atoms with Gasteiger partial charge in [0.1, 0.15) is 12.3 Å². The maximum absolute atomic E-state index is 13.5. The molecule has 0 atom stereocenters. The van der Waals surface area contributed by atoms with Gasteiger partial charge >= 0.3 is 5.97 Å². The van der Waals surface area contributed by atoms with Crippen LogP contribution in [0.2, 0.25) is 5.02 Å². The van der Waals surface area contributed by atoms with Crippen molar-refractivity contribution in [2.24, 2.45) is 0 Å². The number of amides is 1. The molecule has 0 aliphatic heterocycles. The zero-order valence-electron chi connectivity index (χ0n) is 19.5. The van der Waals surface area contributed by atoms with Gasteiger partial charge in [-0.05, 0) is 80.6 Å². The van der Waals surface area contributed by atoms with E-state index in [1.54, 1.807) is 43.3 Å². The third kappa shape index (κ3) is 6.77. The van der Waals surface area contributed by atoms with Gasteiger partial charge in [0.05, 0.1) is 40.1 Å². The van der Waals surface area contributed by atoms with Crippen molar-refractivity contribution in [2.75, 3.05) is 29.4 Å². The first-order valence-electron chi connectivity index (χ1n) is 10.9. The molecule has 0 heterocycles. The van der Waals surface area contributed by atoms with E-state index in [-0.39, 0.29) is 33.5 Å². The molecular formula is C25H24BrClN2O6S. The van der Waals surface area contributed by atoms with Crippen molar-refractivity contribution < 1.29 is 27.5 Å². The van der Waals surface area contributed by atoms with Crippen LogP contribution in [-0.4, -0.2) is 40.1 Å². The monoisotopic (exact) mass is 594 g/mol. The van der Waals surface area contributed by atoms with E-state index < -0.39 is 28.4 Å². The van der Waals surface area contributed by atoms with Crippen molar-refractivity contribution in [3.63, 3.8) is 0 Å². The number of ether oxygens (including phenoxy) is 2. The summed E-state index contributed by atoms with van der Waals surface area (Å²) in [6.07, 6.45) is 0. The Labute approximate surface area is 223 Å². The average molecular weight is 596 g/mol. The zero-order valence-corrected chi connectivity index (χ0v) is 22.7. The van der Waals surface area contributed by atoms with Crippen molar-refractivity contribution in [1.29, 1.82) is 0 Å². The van der Waals surface area contributed by atoms with Crippen LogP contribution >= 0.6 is 27.5 Å². The summed E-state index contributed by atoms with van der Waals surface area (Å²) in [6.45, 7) is 3.67. The molecule has 0 aliphatic carbocycles. The van der Waals surface area contributed by atoms with E-state index in [0.29, 0.717) is 16.8 Å². The standard InChI is InChI=1S/C25H24BrClN2O6S/c1-3-34-20-10-8-19(9-11-20)29(36(32,33)21-12-6-18(26)7-13-21)16-24(30)28-23-14-5-17(15-22(23)27)25(31)35-4-2/h5-15H,3-4,16H2,1-2H3,(H,28,30). The van der Waals surface area contributed by atoms with Gasteiger partial charge in [-0.1, -0.05) is 27.5 Å². The second kappa shape index (κ2) is 12.2. The average Bonchev–Trinajstić information content (AvgIpc) is 2.85. The summed E-state index contributed by atoms with van der Waals surface area (Å²) in [5, 5.41) is 2.72. The lowest BCUT2D eigenvalue weighted by Crippen LogP contribution is -2.38. The van der Waals surface area contributed by atoms with Gasteiger partial charge in [-0.2, -0.15) is 0 Å². The molecule has 190 valence electrons. The number of nitrogens with one attached hydrogen (secondary N) is 1. The summed E-state index contributed by atoms with van der Waals surface area (Å²) < 4.78 is 39.1. The quantitative estimate of drug-likeness (QED) is 0.310. The van der Waals surface area contributed by atoms with Crippen LogP contribution < -0.4 is 14.4 Å². The second-order valence-electron chi connectivity index (χ2n) is 7.36. The predicted molar refractivity (Wildman–Crippen MR) is 142 cm³/mol. The predicted octanol–water partition coefficient (Wildman–Crippen LogP) is 5.51. The minimum absolute atomic E-state index is 0.0178. The van der Waals surface area contributed by atoms with E-state index in [1.165, 1.54) is 30.3 Å². The molecule has 0 aromatic heterocycles. The summed E-state index contributed by atoms with van der Waals surface area (Å²) in [6, 6.07) is 16.8. The molecule has 3 aromatic rings. The molecule has 0 aliphatic rings. The minimum atomic E-state index is -4.10. The molecule has 0 radical (unpaired) electrons. The largest absolute Gasteiger partial charge is 0.494 e. The van der Waals surface area contributed by atoms with Crippen LogP contribution in [0.25, 0.3) is 0 Å². The molecule has 1 amide bonds. The SMILES string of the molecule is CCOC(=O)c1ccc(NC(=O)CN(c2ccc(OCC)cc2)S(=O)(=O)c2ccc(Br)cc2)c(Cl)c1. The Balaban J connectivity index is 1.89. The van der Waals surface area contributed by atoms with Gasteiger partial charge in [-0.15, -0.1) is 0 Å². The number of esters is 1. The Kier molecular flexibility index (Phi) is 9.36. The summed E-state index contributed by atoms with van der Waals surface area (Å²) in [4.78, 5) is 24.9. The first-order valence-corrected chi connectivity index (χ1v) is 13.5. The maximum atomic E-state index is 13.5. The molecule has 0 unspecified atom stereocenters. The normalized spacial score (nSPS) is 11.0. The van der Waals surface area contributed by atoms with Crippen LogP contribution in [0, 0.1) is 0 Å². The first-order chi connectivity index (χ1) is 17.1. The summed E-state index contributed by atoms with van der Waals surface area (Å²) in [5.74, 6) is -0.602. The molecular weight excluding hydrogens is 572 g/mol. The number of halogens is 2. The highest BCUT2D eigenvalue weighted by Crippen LogP contribution is 2.28. The number of rotatable bonds is 10. The van der Waals surface area contributed by atoms with Crippen molar-refractivity contribution >= 4 is 60.8 Å². The Morgan fingerprint density at radius 2 is 1.64 bits per heavy atom. The van der Waals surface area contributed by atoms with Crippen molar-refractivity contribution in [1.82, 2.24) is 0 Å². The van der Waals surface area contributed by atoms with E-state index >= 15 is 0 Å². The van der Waals surface area contributed by atoms with Gasteiger partial charge in [-0.25, -0.2) is 13.2 Å². The van der Waals surface area contributed by atoms with Crippen LogP contribution in [0.4, 0.5) is 11.4 Å². The highest BCUT2D eigenvalue weighted by atomic mass is 79.9. The van der Waals surface area contributed by atoms with Gasteiger partial charge < -0.3 is 14.8 Å². The lowest BCUT2D eigenvalue weighted by atomic mass is 10.2. The Bertz CT molecular complexity index is 1330. The Morgan fingerprint density at radius 3 is 2.22 bits per heavy atom. The second-order valence-corrected chi connectivity index (χ2v) is 10.5. The Morgan fingerprint density at radius 1 is 0.972 bits per heavy atom. The number of hydrogen-bond acceptors (Lipinski definition) is 6. The molecule has 0 bridgehead atoms. The molecule has 0 saturated heterocycles. The molecule has 36 heavy (non-hydrogen) atoms.